The molecule has 0 saturated heterocycles. The van der Waals surface area contributed by atoms with E-state index in [0.717, 1.165) is 35.8 Å². The van der Waals surface area contributed by atoms with Crippen LogP contribution < -0.4 is 0 Å². The van der Waals surface area contributed by atoms with Crippen LogP contribution >= 0.6 is 11.6 Å². The highest BCUT2D eigenvalue weighted by atomic mass is 35.5. The molecule has 1 aromatic rings. The van der Waals surface area contributed by atoms with Crippen LogP contribution in [0, 0.1) is 17.7 Å². The van der Waals surface area contributed by atoms with E-state index >= 15 is 0 Å². The van der Waals surface area contributed by atoms with Crippen molar-refractivity contribution in [2.45, 2.75) is 83.5 Å². The Bertz CT molecular complexity index is 511. The Morgan fingerprint density at radius 3 is 2.39 bits per heavy atom. The minimum atomic E-state index is -0.140. The maximum atomic E-state index is 14.7. The van der Waals surface area contributed by atoms with Crippen LogP contribution in [-0.2, 0) is 6.42 Å². The molecular formula is C21H30ClF. The first-order chi connectivity index (χ1) is 11.1. The van der Waals surface area contributed by atoms with Gasteiger partial charge in [0.25, 0.3) is 0 Å². The van der Waals surface area contributed by atoms with E-state index in [2.05, 4.69) is 13.0 Å². The van der Waals surface area contributed by atoms with Crippen molar-refractivity contribution >= 4 is 11.6 Å². The molecule has 0 spiro atoms. The third-order valence-corrected chi connectivity index (χ3v) is 6.58. The highest BCUT2D eigenvalue weighted by Gasteiger charge is 2.22. The van der Waals surface area contributed by atoms with Crippen molar-refractivity contribution in [1.82, 2.24) is 0 Å². The second kappa shape index (κ2) is 8.01. The lowest BCUT2D eigenvalue weighted by Gasteiger charge is -2.26. The van der Waals surface area contributed by atoms with Gasteiger partial charge in [-0.1, -0.05) is 75.6 Å². The molecule has 0 aliphatic heterocycles. The molecule has 0 nitrogen and oxygen atoms in total. The smallest absolute Gasteiger partial charge is 0.145 e. The van der Waals surface area contributed by atoms with Gasteiger partial charge in [-0.3, -0.25) is 0 Å². The molecule has 2 saturated carbocycles. The first-order valence-corrected chi connectivity index (χ1v) is 9.99. The average molecular weight is 337 g/mol. The van der Waals surface area contributed by atoms with E-state index in [1.54, 1.807) is 0 Å². The minimum absolute atomic E-state index is 0.140. The van der Waals surface area contributed by atoms with Crippen LogP contribution in [0.15, 0.2) is 12.1 Å². The summed E-state index contributed by atoms with van der Waals surface area (Å²) in [6.45, 7) is 2.35. The van der Waals surface area contributed by atoms with Crippen molar-refractivity contribution < 1.29 is 4.39 Å². The van der Waals surface area contributed by atoms with Crippen LogP contribution in [0.1, 0.15) is 88.2 Å². The van der Waals surface area contributed by atoms with Crippen LogP contribution in [0.2, 0.25) is 5.02 Å². The molecule has 0 atom stereocenters. The maximum Gasteiger partial charge on any atom is 0.145 e. The summed E-state index contributed by atoms with van der Waals surface area (Å²) in [4.78, 5) is 0. The quantitative estimate of drug-likeness (QED) is 0.541. The van der Waals surface area contributed by atoms with E-state index in [-0.39, 0.29) is 5.82 Å². The third-order valence-electron chi connectivity index (χ3n) is 6.19. The van der Waals surface area contributed by atoms with Crippen molar-refractivity contribution in [3.8, 4) is 0 Å². The summed E-state index contributed by atoms with van der Waals surface area (Å²) in [5, 5.41) is 0.409. The molecule has 0 N–H and O–H groups in total. The monoisotopic (exact) mass is 336 g/mol. The Hall–Kier alpha value is -0.560. The van der Waals surface area contributed by atoms with Gasteiger partial charge in [-0.15, -0.1) is 0 Å². The lowest BCUT2D eigenvalue weighted by atomic mass is 9.80. The molecule has 2 heteroatoms. The molecule has 2 fully saturated rings. The van der Waals surface area contributed by atoms with Crippen molar-refractivity contribution in [2.24, 2.45) is 11.8 Å². The summed E-state index contributed by atoms with van der Waals surface area (Å²) < 4.78 is 14.7. The number of halogens is 2. The molecule has 128 valence electrons. The van der Waals surface area contributed by atoms with Gasteiger partial charge in [0, 0.05) is 0 Å². The van der Waals surface area contributed by atoms with Gasteiger partial charge in [-0.05, 0) is 54.6 Å². The van der Waals surface area contributed by atoms with Gasteiger partial charge >= 0.3 is 0 Å². The van der Waals surface area contributed by atoms with E-state index in [1.807, 2.05) is 6.07 Å². The topological polar surface area (TPSA) is 0 Å². The second-order valence-electron chi connectivity index (χ2n) is 7.94. The summed E-state index contributed by atoms with van der Waals surface area (Å²) in [6.07, 6.45) is 13.4. The number of hydrogen-bond acceptors (Lipinski definition) is 0. The molecule has 0 amide bonds. The fourth-order valence-corrected chi connectivity index (χ4v) is 4.84. The molecule has 2 aliphatic carbocycles. The first kappa shape index (κ1) is 17.3. The van der Waals surface area contributed by atoms with Gasteiger partial charge in [-0.2, -0.15) is 0 Å². The van der Waals surface area contributed by atoms with E-state index in [0.29, 0.717) is 10.9 Å². The molecule has 23 heavy (non-hydrogen) atoms. The Labute approximate surface area is 145 Å². The fourth-order valence-electron chi connectivity index (χ4n) is 4.50. The number of hydrogen-bond donors (Lipinski definition) is 0. The Morgan fingerprint density at radius 2 is 1.70 bits per heavy atom. The zero-order valence-electron chi connectivity index (χ0n) is 14.4. The van der Waals surface area contributed by atoms with Crippen LogP contribution in [0.5, 0.6) is 0 Å². The lowest BCUT2D eigenvalue weighted by Crippen LogP contribution is -2.13. The molecule has 0 unspecified atom stereocenters. The minimum Gasteiger partial charge on any atom is -0.205 e. The molecule has 0 heterocycles. The number of rotatable bonds is 4. The van der Waals surface area contributed by atoms with Gasteiger partial charge in [0.05, 0.1) is 5.02 Å². The van der Waals surface area contributed by atoms with E-state index in [9.17, 15) is 4.39 Å². The maximum absolute atomic E-state index is 14.7. The van der Waals surface area contributed by atoms with E-state index in [1.165, 1.54) is 57.8 Å². The summed E-state index contributed by atoms with van der Waals surface area (Å²) in [6, 6.07) is 4.12. The molecular weight excluding hydrogens is 307 g/mol. The predicted octanol–water partition coefficient (Wildman–Crippen LogP) is 7.29. The molecule has 3 rings (SSSR count). The Kier molecular flexibility index (Phi) is 6.01. The fraction of sp³-hybridized carbons (Fsp3) is 0.714. The summed E-state index contributed by atoms with van der Waals surface area (Å²) in [7, 11) is 0. The van der Waals surface area contributed by atoms with E-state index < -0.39 is 0 Å². The zero-order chi connectivity index (χ0) is 16.2. The standard InChI is InChI=1S/C21H30ClF/c1-15-7-9-16(10-8-15)11-12-18-13-14-19(20(22)21(18)23)17-5-3-2-4-6-17/h13-17H,2-12H2,1H3. The highest BCUT2D eigenvalue weighted by Crippen LogP contribution is 2.38. The lowest BCUT2D eigenvalue weighted by molar-refractivity contribution is 0.277. The van der Waals surface area contributed by atoms with Gasteiger partial charge in [0.15, 0.2) is 0 Å². The number of aryl methyl sites for hydroxylation is 1. The first-order valence-electron chi connectivity index (χ1n) is 9.62. The Morgan fingerprint density at radius 1 is 1.00 bits per heavy atom. The summed E-state index contributed by atoms with van der Waals surface area (Å²) in [5.41, 5.74) is 1.88. The van der Waals surface area contributed by atoms with Crippen molar-refractivity contribution in [3.05, 3.63) is 34.1 Å². The SMILES string of the molecule is CC1CCC(CCc2ccc(C3CCCCC3)c(Cl)c2F)CC1. The molecule has 1 aromatic carbocycles. The van der Waals surface area contributed by atoms with E-state index in [4.69, 9.17) is 11.6 Å². The Balaban J connectivity index is 1.63. The summed E-state index contributed by atoms with van der Waals surface area (Å²) in [5.74, 6) is 1.99. The summed E-state index contributed by atoms with van der Waals surface area (Å²) >= 11 is 6.40. The molecule has 0 aromatic heterocycles. The second-order valence-corrected chi connectivity index (χ2v) is 8.32. The highest BCUT2D eigenvalue weighted by molar-refractivity contribution is 6.31. The van der Waals surface area contributed by atoms with Gasteiger partial charge in [-0.25, -0.2) is 4.39 Å². The van der Waals surface area contributed by atoms with Crippen molar-refractivity contribution in [1.29, 1.82) is 0 Å². The van der Waals surface area contributed by atoms with Crippen LogP contribution in [0.25, 0.3) is 0 Å². The number of benzene rings is 1. The van der Waals surface area contributed by atoms with Gasteiger partial charge in [0.2, 0.25) is 0 Å². The van der Waals surface area contributed by atoms with Crippen LogP contribution in [0.3, 0.4) is 0 Å². The third kappa shape index (κ3) is 4.29. The molecule has 2 aliphatic rings. The average Bonchev–Trinajstić information content (AvgIpc) is 2.58. The largest absolute Gasteiger partial charge is 0.205 e. The predicted molar refractivity (Wildman–Crippen MR) is 96.7 cm³/mol. The van der Waals surface area contributed by atoms with Gasteiger partial charge in [0.1, 0.15) is 5.82 Å². The van der Waals surface area contributed by atoms with Crippen LogP contribution in [-0.4, -0.2) is 0 Å². The normalized spacial score (nSPS) is 26.4. The van der Waals surface area contributed by atoms with Gasteiger partial charge < -0.3 is 0 Å². The van der Waals surface area contributed by atoms with Crippen LogP contribution in [0.4, 0.5) is 4.39 Å². The van der Waals surface area contributed by atoms with Crippen molar-refractivity contribution in [3.63, 3.8) is 0 Å². The molecule has 0 radical (unpaired) electrons. The van der Waals surface area contributed by atoms with Crippen molar-refractivity contribution in [2.75, 3.05) is 0 Å². The molecule has 0 bridgehead atoms. The zero-order valence-corrected chi connectivity index (χ0v) is 15.2.